The molecule has 0 bridgehead atoms. The van der Waals surface area contributed by atoms with Gasteiger partial charge >= 0.3 is 0 Å². The van der Waals surface area contributed by atoms with E-state index < -0.39 is 0 Å². The first-order chi connectivity index (χ1) is 8.69. The molecule has 96 valence electrons. The fraction of sp³-hybridized carbons (Fsp3) is 0.400. The number of nitrogens with one attached hydrogen (secondary N) is 1. The van der Waals surface area contributed by atoms with Crippen LogP contribution in [0, 0.1) is 6.92 Å². The standard InChI is InChI=1S/C15H20N2O/c1-5-11-8-14(16-6-2)13-9-12(18-4)7-10(3)15(13)17-11/h7-9H,5-6H2,1-4H3,(H,16,17). The monoisotopic (exact) mass is 244 g/mol. The lowest BCUT2D eigenvalue weighted by molar-refractivity contribution is 0.415. The van der Waals surface area contributed by atoms with Gasteiger partial charge in [0.15, 0.2) is 0 Å². The molecule has 1 aromatic heterocycles. The van der Waals surface area contributed by atoms with Crippen LogP contribution in [-0.4, -0.2) is 18.6 Å². The molecule has 0 radical (unpaired) electrons. The number of hydrogen-bond acceptors (Lipinski definition) is 3. The highest BCUT2D eigenvalue weighted by molar-refractivity contribution is 5.94. The maximum Gasteiger partial charge on any atom is 0.119 e. The van der Waals surface area contributed by atoms with Crippen LogP contribution in [0.1, 0.15) is 25.1 Å². The second-order valence-electron chi connectivity index (χ2n) is 4.39. The molecule has 18 heavy (non-hydrogen) atoms. The molecule has 0 amide bonds. The lowest BCUT2D eigenvalue weighted by atomic mass is 10.1. The van der Waals surface area contributed by atoms with Crippen LogP contribution < -0.4 is 10.1 Å². The number of pyridine rings is 1. The number of methoxy groups -OCH3 is 1. The number of nitrogens with zero attached hydrogens (tertiary/aromatic N) is 1. The van der Waals surface area contributed by atoms with Crippen LogP contribution in [0.2, 0.25) is 0 Å². The first-order valence-corrected chi connectivity index (χ1v) is 6.41. The van der Waals surface area contributed by atoms with Crippen molar-refractivity contribution in [2.24, 2.45) is 0 Å². The molecule has 2 aromatic rings. The topological polar surface area (TPSA) is 34.2 Å². The number of anilines is 1. The van der Waals surface area contributed by atoms with E-state index in [0.29, 0.717) is 0 Å². The van der Waals surface area contributed by atoms with Crippen molar-refractivity contribution in [2.75, 3.05) is 19.0 Å². The predicted molar refractivity (Wildman–Crippen MR) is 76.6 cm³/mol. The number of benzene rings is 1. The molecule has 0 spiro atoms. The molecule has 0 aliphatic rings. The fourth-order valence-electron chi connectivity index (χ4n) is 2.16. The zero-order valence-corrected chi connectivity index (χ0v) is 11.5. The number of rotatable bonds is 4. The maximum atomic E-state index is 5.34. The third-order valence-corrected chi connectivity index (χ3v) is 3.10. The quantitative estimate of drug-likeness (QED) is 0.893. The molecular formula is C15H20N2O. The molecule has 0 aliphatic heterocycles. The van der Waals surface area contributed by atoms with Gasteiger partial charge in [0, 0.05) is 23.3 Å². The first kappa shape index (κ1) is 12.7. The number of fused-ring (bicyclic) bond motifs is 1. The van der Waals surface area contributed by atoms with Gasteiger partial charge in [-0.05, 0) is 44.0 Å². The third kappa shape index (κ3) is 2.26. The molecule has 0 unspecified atom stereocenters. The summed E-state index contributed by atoms with van der Waals surface area (Å²) >= 11 is 0. The van der Waals surface area contributed by atoms with Gasteiger partial charge in [-0.1, -0.05) is 6.92 Å². The van der Waals surface area contributed by atoms with Crippen molar-refractivity contribution >= 4 is 16.6 Å². The van der Waals surface area contributed by atoms with Crippen LogP contribution in [-0.2, 0) is 6.42 Å². The summed E-state index contributed by atoms with van der Waals surface area (Å²) in [7, 11) is 1.70. The first-order valence-electron chi connectivity index (χ1n) is 6.41. The smallest absolute Gasteiger partial charge is 0.119 e. The summed E-state index contributed by atoms with van der Waals surface area (Å²) in [4.78, 5) is 4.72. The molecular weight excluding hydrogens is 224 g/mol. The Balaban J connectivity index is 2.73. The van der Waals surface area contributed by atoms with Crippen molar-refractivity contribution in [2.45, 2.75) is 27.2 Å². The minimum atomic E-state index is 0.880. The largest absolute Gasteiger partial charge is 0.497 e. The predicted octanol–water partition coefficient (Wildman–Crippen LogP) is 3.55. The lowest BCUT2D eigenvalue weighted by Gasteiger charge is -2.13. The number of aromatic nitrogens is 1. The summed E-state index contributed by atoms with van der Waals surface area (Å²) in [6, 6.07) is 6.21. The van der Waals surface area contributed by atoms with Crippen molar-refractivity contribution in [1.29, 1.82) is 0 Å². The Hall–Kier alpha value is -1.77. The van der Waals surface area contributed by atoms with Crippen molar-refractivity contribution in [3.05, 3.63) is 29.5 Å². The summed E-state index contributed by atoms with van der Waals surface area (Å²) in [5, 5.41) is 4.54. The van der Waals surface area contributed by atoms with E-state index in [-0.39, 0.29) is 0 Å². The average molecular weight is 244 g/mol. The van der Waals surface area contributed by atoms with Gasteiger partial charge in [-0.3, -0.25) is 4.98 Å². The maximum absolute atomic E-state index is 5.34. The van der Waals surface area contributed by atoms with Gasteiger partial charge in [-0.15, -0.1) is 0 Å². The third-order valence-electron chi connectivity index (χ3n) is 3.10. The summed E-state index contributed by atoms with van der Waals surface area (Å²) in [5.41, 5.74) is 4.47. The molecule has 1 N–H and O–H groups in total. The van der Waals surface area contributed by atoms with Gasteiger partial charge in [-0.2, -0.15) is 0 Å². The second kappa shape index (κ2) is 5.25. The molecule has 0 fully saturated rings. The Kier molecular flexibility index (Phi) is 3.70. The summed E-state index contributed by atoms with van der Waals surface area (Å²) in [6.07, 6.45) is 0.944. The van der Waals surface area contributed by atoms with Crippen molar-refractivity contribution in [3.63, 3.8) is 0 Å². The zero-order valence-electron chi connectivity index (χ0n) is 11.5. The van der Waals surface area contributed by atoms with Crippen molar-refractivity contribution in [3.8, 4) is 5.75 Å². The highest BCUT2D eigenvalue weighted by Crippen LogP contribution is 2.30. The van der Waals surface area contributed by atoms with E-state index in [0.717, 1.165) is 46.6 Å². The zero-order chi connectivity index (χ0) is 13.1. The Labute approximate surface area is 108 Å². The SMILES string of the molecule is CCNc1cc(CC)nc2c(C)cc(OC)cc12. The Morgan fingerprint density at radius 1 is 1.22 bits per heavy atom. The molecule has 0 atom stereocenters. The Bertz CT molecular complexity index is 564. The van der Waals surface area contributed by atoms with E-state index >= 15 is 0 Å². The van der Waals surface area contributed by atoms with Crippen LogP contribution >= 0.6 is 0 Å². The summed E-state index contributed by atoms with van der Waals surface area (Å²) in [5.74, 6) is 0.880. The number of aryl methyl sites for hydroxylation is 2. The van der Waals surface area contributed by atoms with Crippen molar-refractivity contribution in [1.82, 2.24) is 4.98 Å². The Morgan fingerprint density at radius 3 is 2.61 bits per heavy atom. The van der Waals surface area contributed by atoms with Gasteiger partial charge < -0.3 is 10.1 Å². The van der Waals surface area contributed by atoms with E-state index in [4.69, 9.17) is 9.72 Å². The van der Waals surface area contributed by atoms with Crippen LogP contribution in [0.3, 0.4) is 0 Å². The van der Waals surface area contributed by atoms with E-state index in [9.17, 15) is 0 Å². The molecule has 3 heteroatoms. The van der Waals surface area contributed by atoms with E-state index in [2.05, 4.69) is 32.2 Å². The van der Waals surface area contributed by atoms with E-state index in [1.165, 1.54) is 0 Å². The van der Waals surface area contributed by atoms with Crippen LogP contribution in [0.5, 0.6) is 5.75 Å². The highest BCUT2D eigenvalue weighted by atomic mass is 16.5. The van der Waals surface area contributed by atoms with Crippen LogP contribution in [0.4, 0.5) is 5.69 Å². The number of ether oxygens (including phenoxy) is 1. The minimum Gasteiger partial charge on any atom is -0.497 e. The molecule has 0 saturated carbocycles. The molecule has 0 aliphatic carbocycles. The second-order valence-corrected chi connectivity index (χ2v) is 4.39. The average Bonchev–Trinajstić information content (AvgIpc) is 2.39. The molecule has 2 rings (SSSR count). The molecule has 1 heterocycles. The normalized spacial score (nSPS) is 10.7. The van der Waals surface area contributed by atoms with Gasteiger partial charge in [0.25, 0.3) is 0 Å². The van der Waals surface area contributed by atoms with Gasteiger partial charge in [-0.25, -0.2) is 0 Å². The van der Waals surface area contributed by atoms with Gasteiger partial charge in [0.2, 0.25) is 0 Å². The number of hydrogen-bond donors (Lipinski definition) is 1. The summed E-state index contributed by atoms with van der Waals surface area (Å²) in [6.45, 7) is 7.21. The molecule has 0 saturated heterocycles. The van der Waals surface area contributed by atoms with Crippen molar-refractivity contribution < 1.29 is 4.74 Å². The molecule has 3 nitrogen and oxygen atoms in total. The van der Waals surface area contributed by atoms with E-state index in [1.807, 2.05) is 12.1 Å². The van der Waals surface area contributed by atoms with Gasteiger partial charge in [0.05, 0.1) is 12.6 Å². The van der Waals surface area contributed by atoms with Gasteiger partial charge in [0.1, 0.15) is 5.75 Å². The van der Waals surface area contributed by atoms with Crippen LogP contribution in [0.25, 0.3) is 10.9 Å². The lowest BCUT2D eigenvalue weighted by Crippen LogP contribution is -2.01. The molecule has 1 aromatic carbocycles. The Morgan fingerprint density at radius 2 is 2.00 bits per heavy atom. The summed E-state index contributed by atoms with van der Waals surface area (Å²) < 4.78 is 5.34. The highest BCUT2D eigenvalue weighted by Gasteiger charge is 2.09. The minimum absolute atomic E-state index is 0.880. The van der Waals surface area contributed by atoms with E-state index in [1.54, 1.807) is 7.11 Å². The van der Waals surface area contributed by atoms with Crippen LogP contribution in [0.15, 0.2) is 18.2 Å². The fourth-order valence-corrected chi connectivity index (χ4v) is 2.16.